The molecule has 0 aliphatic heterocycles. The van der Waals surface area contributed by atoms with Crippen LogP contribution in [-0.4, -0.2) is 125 Å². The van der Waals surface area contributed by atoms with Gasteiger partial charge in [0.05, 0.1) is 55.8 Å². The van der Waals surface area contributed by atoms with Crippen molar-refractivity contribution in [1.29, 1.82) is 10.5 Å². The standard InChI is InChI=1S/C24H21N7O2.C17H14BrN5O.C7H7BrN2O.C7H7N2O.CH4.3CH3.Sn/c1-15(2)31(22-7-4-16(11-25)12-28-22)24(33)17-8-9-30-21(10-17)19(14-29-30)20-6-5-18(13-27-20)23(32)26-3;1-11(2)23(16-4-3-12(8-19)9-20-16)17(24)13-5-6-22-15(7-13)14(18)10-21-22;1-9-7(11)5-2-3-6(8)10-4-5;1-8-7(10)6-3-2-4-9-5-6;;;;;/h4-10,12-15H,1-3H3,(H,26,32);3-7,9-11H,1-2H3;2-4H,1H3,(H,9,11);2-3,5H,1H3,(H,8,10);1H4;3*1H3;. The van der Waals surface area contributed by atoms with Gasteiger partial charge in [0.1, 0.15) is 28.4 Å². The SMILES string of the molecule is C.CC(C)N(C(=O)c1ccn2ncc(Br)c2c1)c1ccc(C#N)cn1.CNC(=O)c1cc[c]([Sn]([CH3])([CH3])[CH3])nc1.CNC(=O)c1ccc(-c2cnn3ccc(C(=O)N(c4ccc(C#N)cn4)C(C)C)cc23)nc1.CNC(=O)c1ccc(Br)nc1. The summed E-state index contributed by atoms with van der Waals surface area (Å²) in [7, 11) is 4.78. The number of anilines is 2. The molecule has 21 nitrogen and oxygen atoms in total. The second-order valence-electron chi connectivity index (χ2n) is 19.3. The van der Waals surface area contributed by atoms with Gasteiger partial charge in [0, 0.05) is 80.1 Å². The average Bonchev–Trinajstić information content (AvgIpc) is 3.85. The number of rotatable bonds is 11. The molecule has 0 atom stereocenters. The Morgan fingerprint density at radius 1 is 0.530 bits per heavy atom. The van der Waals surface area contributed by atoms with Gasteiger partial charge in [0.25, 0.3) is 23.6 Å². The molecule has 0 spiro atoms. The van der Waals surface area contributed by atoms with E-state index in [2.05, 4.69) is 97.7 Å². The van der Waals surface area contributed by atoms with Crippen molar-refractivity contribution in [2.75, 3.05) is 30.9 Å². The molecule has 0 aliphatic carbocycles. The van der Waals surface area contributed by atoms with E-state index in [4.69, 9.17) is 10.5 Å². The van der Waals surface area contributed by atoms with Gasteiger partial charge in [-0.25, -0.2) is 24.0 Å². The summed E-state index contributed by atoms with van der Waals surface area (Å²) in [6, 6.07) is 28.2. The molecule has 9 heterocycles. The fourth-order valence-electron chi connectivity index (χ4n) is 7.67. The maximum Gasteiger partial charge on any atom is 0.259 e. The molecule has 0 fully saturated rings. The first kappa shape index (κ1) is 65.0. The van der Waals surface area contributed by atoms with Crippen LogP contribution in [0.4, 0.5) is 11.6 Å². The molecular formula is C59H62Br2N16O5Sn. The Hall–Kier alpha value is -8.78. The van der Waals surface area contributed by atoms with Crippen LogP contribution in [0.2, 0.25) is 14.8 Å². The van der Waals surface area contributed by atoms with Gasteiger partial charge in [0.2, 0.25) is 0 Å². The van der Waals surface area contributed by atoms with Crippen molar-refractivity contribution in [2.45, 2.75) is 62.0 Å². The predicted octanol–water partition coefficient (Wildman–Crippen LogP) is 9.32. The van der Waals surface area contributed by atoms with Gasteiger partial charge in [-0.05, 0) is 132 Å². The number of pyridine rings is 7. The third kappa shape index (κ3) is 16.7. The third-order valence-electron chi connectivity index (χ3n) is 12.0. The van der Waals surface area contributed by atoms with Gasteiger partial charge in [0.15, 0.2) is 0 Å². The number of carbonyl (C=O) groups excluding carboxylic acids is 5. The Morgan fingerprint density at radius 2 is 0.976 bits per heavy atom. The zero-order valence-electron chi connectivity index (χ0n) is 46.5. The molecule has 9 aromatic heterocycles. The molecule has 24 heteroatoms. The Morgan fingerprint density at radius 3 is 1.36 bits per heavy atom. The largest absolute Gasteiger partial charge is 0.355 e. The van der Waals surface area contributed by atoms with E-state index in [1.165, 1.54) is 28.5 Å². The maximum absolute atomic E-state index is 13.4. The van der Waals surface area contributed by atoms with Gasteiger partial charge >= 0.3 is 88.8 Å². The number of nitrogens with zero attached hydrogens (tertiary/aromatic N) is 13. The summed E-state index contributed by atoms with van der Waals surface area (Å²) >= 11 is 4.55. The van der Waals surface area contributed by atoms with Crippen LogP contribution in [0.3, 0.4) is 0 Å². The van der Waals surface area contributed by atoms with Crippen molar-refractivity contribution in [1.82, 2.24) is 60.1 Å². The second kappa shape index (κ2) is 29.8. The van der Waals surface area contributed by atoms with E-state index in [9.17, 15) is 24.0 Å². The topological polar surface area (TPSA) is 275 Å². The summed E-state index contributed by atoms with van der Waals surface area (Å²) in [5.74, 6) is 0.193. The van der Waals surface area contributed by atoms with Gasteiger partial charge in [-0.2, -0.15) is 20.7 Å². The van der Waals surface area contributed by atoms with Gasteiger partial charge in [-0.1, -0.05) is 7.43 Å². The second-order valence-corrected chi connectivity index (χ2v) is 35.3. The Kier molecular flexibility index (Phi) is 23.3. The van der Waals surface area contributed by atoms with Crippen molar-refractivity contribution in [3.8, 4) is 23.4 Å². The van der Waals surface area contributed by atoms with E-state index in [0.29, 0.717) is 61.8 Å². The summed E-state index contributed by atoms with van der Waals surface area (Å²) in [6.07, 6.45) is 14.4. The predicted molar refractivity (Wildman–Crippen MR) is 329 cm³/mol. The first-order valence-electron chi connectivity index (χ1n) is 25.3. The minimum absolute atomic E-state index is 0. The molecule has 0 bridgehead atoms. The summed E-state index contributed by atoms with van der Waals surface area (Å²) in [5, 5.41) is 34.1. The summed E-state index contributed by atoms with van der Waals surface area (Å²) in [5.41, 5.74) is 6.44. The molecular weight excluding hydrogens is 1290 g/mol. The molecule has 426 valence electrons. The zero-order valence-corrected chi connectivity index (χ0v) is 52.6. The fraction of sp³-hybridized carbons (Fsp3) is 0.220. The van der Waals surface area contributed by atoms with Crippen LogP contribution >= 0.6 is 31.9 Å². The molecule has 0 saturated carbocycles. The van der Waals surface area contributed by atoms with Crippen LogP contribution in [-0.2, 0) is 0 Å². The molecule has 5 amide bonds. The monoisotopic (exact) mass is 1350 g/mol. The number of nitrogens with one attached hydrogen (secondary N) is 3. The summed E-state index contributed by atoms with van der Waals surface area (Å²) in [6.45, 7) is 7.65. The Balaban J connectivity index is 0.000000220. The third-order valence-corrected chi connectivity index (χ3v) is 18.3. The van der Waals surface area contributed by atoms with Crippen LogP contribution in [0.15, 0.2) is 150 Å². The van der Waals surface area contributed by atoms with E-state index < -0.39 is 18.4 Å². The average molecular weight is 1350 g/mol. The molecule has 9 aromatic rings. The van der Waals surface area contributed by atoms with E-state index in [-0.39, 0.29) is 49.0 Å². The summed E-state index contributed by atoms with van der Waals surface area (Å²) < 4.78 is 6.11. The molecule has 0 aromatic carbocycles. The van der Waals surface area contributed by atoms with Crippen LogP contribution < -0.4 is 29.5 Å². The number of carbonyl (C=O) groups is 5. The normalized spacial score (nSPS) is 10.5. The number of hydrogen-bond donors (Lipinski definition) is 3. The number of halogens is 2. The molecule has 83 heavy (non-hydrogen) atoms. The van der Waals surface area contributed by atoms with Crippen LogP contribution in [0.25, 0.3) is 22.3 Å². The summed E-state index contributed by atoms with van der Waals surface area (Å²) in [4.78, 5) is 91.7. The van der Waals surface area contributed by atoms with Crippen LogP contribution in [0.1, 0.15) is 98.0 Å². The number of hydrogen-bond acceptors (Lipinski definition) is 14. The number of aromatic nitrogens is 9. The van der Waals surface area contributed by atoms with Crippen molar-refractivity contribution in [2.24, 2.45) is 0 Å². The number of fused-ring (bicyclic) bond motifs is 2. The van der Waals surface area contributed by atoms with Crippen molar-refractivity contribution < 1.29 is 24.0 Å². The number of amides is 5. The first-order valence-corrected chi connectivity index (χ1v) is 36.9. The molecule has 0 radical (unpaired) electrons. The van der Waals surface area contributed by atoms with E-state index >= 15 is 0 Å². The van der Waals surface area contributed by atoms with Gasteiger partial charge < -0.3 is 10.6 Å². The van der Waals surface area contributed by atoms with E-state index in [1.54, 1.807) is 144 Å². The minimum atomic E-state index is -2.05. The van der Waals surface area contributed by atoms with Crippen LogP contribution in [0.5, 0.6) is 0 Å². The Labute approximate surface area is 502 Å². The maximum atomic E-state index is 13.4. The molecule has 0 unspecified atom stereocenters. The van der Waals surface area contributed by atoms with Gasteiger partial charge in [-0.3, -0.25) is 34.0 Å². The van der Waals surface area contributed by atoms with Crippen molar-refractivity contribution >= 4 is 106 Å². The smallest absolute Gasteiger partial charge is 0.259 e. The van der Waals surface area contributed by atoms with Crippen molar-refractivity contribution in [3.05, 3.63) is 189 Å². The van der Waals surface area contributed by atoms with E-state index in [0.717, 1.165) is 20.2 Å². The molecule has 0 saturated heterocycles. The van der Waals surface area contributed by atoms with Crippen molar-refractivity contribution in [3.63, 3.8) is 0 Å². The van der Waals surface area contributed by atoms with Crippen LogP contribution in [0, 0.1) is 22.7 Å². The number of nitriles is 2. The quantitative estimate of drug-likeness (QED) is 0.0804. The first-order chi connectivity index (χ1) is 39.1. The molecule has 3 N–H and O–H groups in total. The fourth-order valence-corrected chi connectivity index (χ4v) is 11.2. The minimum Gasteiger partial charge on any atom is -0.355 e. The van der Waals surface area contributed by atoms with Gasteiger partial charge in [-0.15, -0.1) is 0 Å². The molecule has 0 aliphatic rings. The zero-order chi connectivity index (χ0) is 59.8. The Bertz CT molecular complexity index is 3800. The van der Waals surface area contributed by atoms with E-state index in [1.807, 2.05) is 52.0 Å². The molecule has 9 rings (SSSR count).